The maximum Gasteiger partial charge on any atom is 0.354 e. The summed E-state index contributed by atoms with van der Waals surface area (Å²) >= 11 is 0. The zero-order valence-electron chi connectivity index (χ0n) is 10.7. The Kier molecular flexibility index (Phi) is 4.25. The molecule has 2 aromatic rings. The molecule has 2 rings (SSSR count). The van der Waals surface area contributed by atoms with E-state index in [0.717, 1.165) is 24.4 Å². The van der Waals surface area contributed by atoms with Crippen molar-refractivity contribution in [2.75, 3.05) is 6.54 Å². The molecule has 0 bridgehead atoms. The van der Waals surface area contributed by atoms with Gasteiger partial charge in [0.15, 0.2) is 0 Å². The molecule has 100 valence electrons. The van der Waals surface area contributed by atoms with Crippen LogP contribution < -0.4 is 5.32 Å². The van der Waals surface area contributed by atoms with Crippen LogP contribution in [0.25, 0.3) is 0 Å². The van der Waals surface area contributed by atoms with Gasteiger partial charge in [0, 0.05) is 38.4 Å². The molecular formula is C13H16N4O2. The molecule has 0 unspecified atom stereocenters. The van der Waals surface area contributed by atoms with E-state index < -0.39 is 5.97 Å². The second-order valence-electron chi connectivity index (χ2n) is 4.19. The highest BCUT2D eigenvalue weighted by Gasteiger charge is 2.04. The van der Waals surface area contributed by atoms with Crippen molar-refractivity contribution in [1.29, 1.82) is 0 Å². The number of hydrogen-bond donors (Lipinski definition) is 2. The van der Waals surface area contributed by atoms with Crippen LogP contribution in [0.15, 0.2) is 30.5 Å². The highest BCUT2D eigenvalue weighted by atomic mass is 16.4. The first-order chi connectivity index (χ1) is 9.16. The Morgan fingerprint density at radius 1 is 1.42 bits per heavy atom. The third-order valence-electron chi connectivity index (χ3n) is 2.81. The first kappa shape index (κ1) is 13.2. The zero-order chi connectivity index (χ0) is 13.7. The standard InChI is InChI=1S/C13H16N4O2/c1-17-11(6-8-15-17)5-7-14-9-10-3-2-4-12(16-10)13(18)19/h2-4,6,8,14H,5,7,9H2,1H3,(H,18,19). The first-order valence-electron chi connectivity index (χ1n) is 6.03. The molecule has 6 heteroatoms. The average molecular weight is 260 g/mol. The number of rotatable bonds is 6. The highest BCUT2D eigenvalue weighted by Crippen LogP contribution is 2.00. The molecule has 0 aliphatic carbocycles. The van der Waals surface area contributed by atoms with Gasteiger partial charge in [-0.1, -0.05) is 6.07 Å². The Balaban J connectivity index is 1.81. The summed E-state index contributed by atoms with van der Waals surface area (Å²) in [4.78, 5) is 14.8. The molecule has 0 saturated heterocycles. The number of nitrogens with zero attached hydrogens (tertiary/aromatic N) is 3. The summed E-state index contributed by atoms with van der Waals surface area (Å²) in [7, 11) is 1.91. The fraction of sp³-hybridized carbons (Fsp3) is 0.308. The predicted octanol–water partition coefficient (Wildman–Crippen LogP) is 0.846. The van der Waals surface area contributed by atoms with Gasteiger partial charge in [0.25, 0.3) is 0 Å². The van der Waals surface area contributed by atoms with Crippen LogP contribution in [-0.2, 0) is 20.0 Å². The van der Waals surface area contributed by atoms with Gasteiger partial charge in [0.1, 0.15) is 5.69 Å². The SMILES string of the molecule is Cn1nccc1CCNCc1cccc(C(=O)O)n1. The minimum atomic E-state index is -1.00. The maximum absolute atomic E-state index is 10.8. The topological polar surface area (TPSA) is 80.0 Å². The van der Waals surface area contributed by atoms with E-state index in [9.17, 15) is 4.79 Å². The third-order valence-corrected chi connectivity index (χ3v) is 2.81. The molecule has 2 N–H and O–H groups in total. The monoisotopic (exact) mass is 260 g/mol. The highest BCUT2D eigenvalue weighted by molar-refractivity contribution is 5.85. The van der Waals surface area contributed by atoms with E-state index in [4.69, 9.17) is 5.11 Å². The Labute approximate surface area is 111 Å². The lowest BCUT2D eigenvalue weighted by Gasteiger charge is -2.05. The summed E-state index contributed by atoms with van der Waals surface area (Å²) in [5, 5.41) is 16.2. The fourth-order valence-electron chi connectivity index (χ4n) is 1.78. The van der Waals surface area contributed by atoms with E-state index >= 15 is 0 Å². The average Bonchev–Trinajstić information content (AvgIpc) is 2.81. The van der Waals surface area contributed by atoms with Gasteiger partial charge in [-0.3, -0.25) is 4.68 Å². The molecule has 0 aliphatic rings. The van der Waals surface area contributed by atoms with E-state index in [1.54, 1.807) is 12.3 Å². The van der Waals surface area contributed by atoms with E-state index in [1.165, 1.54) is 6.07 Å². The number of carboxylic acid groups (broad SMARTS) is 1. The normalized spacial score (nSPS) is 10.6. The number of nitrogens with one attached hydrogen (secondary N) is 1. The number of pyridine rings is 1. The number of carboxylic acids is 1. The fourth-order valence-corrected chi connectivity index (χ4v) is 1.78. The van der Waals surface area contributed by atoms with Crippen LogP contribution in [0, 0.1) is 0 Å². The number of carbonyl (C=O) groups is 1. The number of hydrogen-bond acceptors (Lipinski definition) is 4. The summed E-state index contributed by atoms with van der Waals surface area (Å²) in [6, 6.07) is 6.98. The van der Waals surface area contributed by atoms with Crippen molar-refractivity contribution >= 4 is 5.97 Å². The molecular weight excluding hydrogens is 244 g/mol. The predicted molar refractivity (Wildman–Crippen MR) is 69.8 cm³/mol. The molecule has 0 aromatic carbocycles. The van der Waals surface area contributed by atoms with Gasteiger partial charge >= 0.3 is 5.97 Å². The lowest BCUT2D eigenvalue weighted by Crippen LogP contribution is -2.19. The minimum absolute atomic E-state index is 0.0749. The molecule has 2 aromatic heterocycles. The van der Waals surface area contributed by atoms with E-state index in [-0.39, 0.29) is 5.69 Å². The van der Waals surface area contributed by atoms with E-state index in [2.05, 4.69) is 15.4 Å². The molecule has 19 heavy (non-hydrogen) atoms. The van der Waals surface area contributed by atoms with Crippen molar-refractivity contribution < 1.29 is 9.90 Å². The maximum atomic E-state index is 10.8. The Bertz CT molecular complexity index is 565. The molecule has 0 fully saturated rings. The third kappa shape index (κ3) is 3.62. The quantitative estimate of drug-likeness (QED) is 0.752. The molecule has 0 atom stereocenters. The first-order valence-corrected chi connectivity index (χ1v) is 6.03. The van der Waals surface area contributed by atoms with Crippen LogP contribution in [0.4, 0.5) is 0 Å². The van der Waals surface area contributed by atoms with Crippen LogP contribution >= 0.6 is 0 Å². The van der Waals surface area contributed by atoms with E-state index in [1.807, 2.05) is 23.9 Å². The van der Waals surface area contributed by atoms with Crippen molar-refractivity contribution in [3.05, 3.63) is 47.5 Å². The van der Waals surface area contributed by atoms with Gasteiger partial charge in [-0.15, -0.1) is 0 Å². The van der Waals surface area contributed by atoms with Gasteiger partial charge < -0.3 is 10.4 Å². The van der Waals surface area contributed by atoms with Crippen LogP contribution in [-0.4, -0.2) is 32.4 Å². The van der Waals surface area contributed by atoms with Crippen molar-refractivity contribution in [2.45, 2.75) is 13.0 Å². The van der Waals surface area contributed by atoms with Crippen molar-refractivity contribution in [3.8, 4) is 0 Å². The molecule has 0 saturated carbocycles. The van der Waals surface area contributed by atoms with Crippen molar-refractivity contribution in [3.63, 3.8) is 0 Å². The largest absolute Gasteiger partial charge is 0.477 e. The molecule has 0 radical (unpaired) electrons. The van der Waals surface area contributed by atoms with Crippen molar-refractivity contribution in [1.82, 2.24) is 20.1 Å². The minimum Gasteiger partial charge on any atom is -0.477 e. The lowest BCUT2D eigenvalue weighted by atomic mass is 10.3. The van der Waals surface area contributed by atoms with Gasteiger partial charge in [-0.2, -0.15) is 5.10 Å². The van der Waals surface area contributed by atoms with Gasteiger partial charge in [-0.05, 0) is 18.2 Å². The summed E-state index contributed by atoms with van der Waals surface area (Å²) in [5.74, 6) is -1.00. The van der Waals surface area contributed by atoms with E-state index in [0.29, 0.717) is 6.54 Å². The molecule has 0 amide bonds. The summed E-state index contributed by atoms with van der Waals surface area (Å²) < 4.78 is 1.84. The Morgan fingerprint density at radius 2 is 2.26 bits per heavy atom. The smallest absolute Gasteiger partial charge is 0.354 e. The Morgan fingerprint density at radius 3 is 2.95 bits per heavy atom. The number of aromatic nitrogens is 3. The molecule has 0 spiro atoms. The molecule has 2 heterocycles. The van der Waals surface area contributed by atoms with Gasteiger partial charge in [0.2, 0.25) is 0 Å². The lowest BCUT2D eigenvalue weighted by molar-refractivity contribution is 0.0690. The summed E-state index contributed by atoms with van der Waals surface area (Å²) in [6.45, 7) is 1.34. The summed E-state index contributed by atoms with van der Waals surface area (Å²) in [6.07, 6.45) is 2.64. The molecule has 0 aliphatic heterocycles. The second-order valence-corrected chi connectivity index (χ2v) is 4.19. The van der Waals surface area contributed by atoms with Crippen LogP contribution in [0.5, 0.6) is 0 Å². The second kappa shape index (κ2) is 6.10. The number of aromatic carboxylic acids is 1. The van der Waals surface area contributed by atoms with Crippen LogP contribution in [0.3, 0.4) is 0 Å². The summed E-state index contributed by atoms with van der Waals surface area (Å²) in [5.41, 5.74) is 1.95. The van der Waals surface area contributed by atoms with Gasteiger partial charge in [0.05, 0.1) is 5.69 Å². The Hall–Kier alpha value is -2.21. The van der Waals surface area contributed by atoms with Gasteiger partial charge in [-0.25, -0.2) is 9.78 Å². The molecule has 6 nitrogen and oxygen atoms in total. The zero-order valence-corrected chi connectivity index (χ0v) is 10.7. The van der Waals surface area contributed by atoms with Crippen molar-refractivity contribution in [2.24, 2.45) is 7.05 Å². The van der Waals surface area contributed by atoms with Crippen LogP contribution in [0.1, 0.15) is 21.9 Å². The van der Waals surface area contributed by atoms with Crippen LogP contribution in [0.2, 0.25) is 0 Å². The number of aryl methyl sites for hydroxylation is 1.